The zero-order valence-corrected chi connectivity index (χ0v) is 17.0. The van der Waals surface area contributed by atoms with Crippen molar-refractivity contribution in [3.8, 4) is 0 Å². The van der Waals surface area contributed by atoms with Crippen LogP contribution in [-0.2, 0) is 15.1 Å². The van der Waals surface area contributed by atoms with Crippen LogP contribution in [0.1, 0.15) is 65.4 Å². The second-order valence-corrected chi connectivity index (χ2v) is 8.70. The number of esters is 1. The van der Waals surface area contributed by atoms with Crippen LogP contribution < -0.4 is 0 Å². The summed E-state index contributed by atoms with van der Waals surface area (Å²) in [6.45, 7) is 8.45. The smallest absolute Gasteiger partial charge is 0.309 e. The molecule has 0 heterocycles. The summed E-state index contributed by atoms with van der Waals surface area (Å²) in [6, 6.07) is 5.76. The highest BCUT2D eigenvalue weighted by Gasteiger charge is 2.33. The minimum Gasteiger partial charge on any atom is -0.455 e. The van der Waals surface area contributed by atoms with Gasteiger partial charge in [-0.25, -0.2) is 0 Å². The van der Waals surface area contributed by atoms with Gasteiger partial charge in [0.15, 0.2) is 0 Å². The van der Waals surface area contributed by atoms with Gasteiger partial charge in [0.25, 0.3) is 0 Å². The van der Waals surface area contributed by atoms with Gasteiger partial charge in [-0.15, -0.1) is 25.3 Å². The summed E-state index contributed by atoms with van der Waals surface area (Å²) in [6.07, 6.45) is 5.41. The average molecular weight is 367 g/mol. The second kappa shape index (κ2) is 8.18. The Morgan fingerprint density at radius 1 is 1.17 bits per heavy atom. The number of ether oxygens (including phenoxy) is 1. The minimum atomic E-state index is -0.666. The molecule has 134 valence electrons. The maximum atomic E-state index is 12.6. The highest BCUT2D eigenvalue weighted by Crippen LogP contribution is 2.37. The van der Waals surface area contributed by atoms with E-state index in [1.54, 1.807) is 0 Å². The van der Waals surface area contributed by atoms with E-state index in [-0.39, 0.29) is 11.9 Å². The van der Waals surface area contributed by atoms with Crippen LogP contribution in [0.4, 0.5) is 0 Å². The standard InChI is InChI=1S/C20H30O2S2/c1-5-13(2)14-6-8-15(9-7-14)19(21)22-20(3,4)16-10-17(23)12-18(24)11-16/h10-15,23-24H,5-9H2,1-4H3. The molecule has 0 saturated heterocycles. The number of hydrogen-bond donors (Lipinski definition) is 2. The molecule has 0 radical (unpaired) electrons. The Hall–Kier alpha value is -0.610. The van der Waals surface area contributed by atoms with E-state index in [0.29, 0.717) is 0 Å². The number of thiol groups is 2. The molecule has 2 rings (SSSR count). The molecule has 1 atom stereocenters. The van der Waals surface area contributed by atoms with Crippen molar-refractivity contribution in [3.05, 3.63) is 23.8 Å². The van der Waals surface area contributed by atoms with E-state index in [4.69, 9.17) is 4.74 Å². The monoisotopic (exact) mass is 366 g/mol. The fourth-order valence-corrected chi connectivity index (χ4v) is 4.25. The molecule has 1 aromatic rings. The summed E-state index contributed by atoms with van der Waals surface area (Å²) in [4.78, 5) is 14.3. The number of benzene rings is 1. The Bertz CT molecular complexity index is 555. The molecular formula is C20H30O2S2. The molecule has 0 aliphatic heterocycles. The minimum absolute atomic E-state index is 0.0410. The summed E-state index contributed by atoms with van der Waals surface area (Å²) in [5.41, 5.74) is 0.266. The lowest BCUT2D eigenvalue weighted by Crippen LogP contribution is -2.32. The van der Waals surface area contributed by atoms with Gasteiger partial charge in [0.2, 0.25) is 0 Å². The van der Waals surface area contributed by atoms with E-state index in [1.165, 1.54) is 6.42 Å². The number of hydrogen-bond acceptors (Lipinski definition) is 4. The molecule has 24 heavy (non-hydrogen) atoms. The molecular weight excluding hydrogens is 336 g/mol. The van der Waals surface area contributed by atoms with Crippen molar-refractivity contribution in [2.45, 2.75) is 75.2 Å². The van der Waals surface area contributed by atoms with Crippen molar-refractivity contribution in [2.75, 3.05) is 0 Å². The molecule has 0 bridgehead atoms. The summed E-state index contributed by atoms with van der Waals surface area (Å²) in [5, 5.41) is 0. The van der Waals surface area contributed by atoms with E-state index < -0.39 is 5.60 Å². The van der Waals surface area contributed by atoms with Gasteiger partial charge in [0.1, 0.15) is 5.60 Å². The van der Waals surface area contributed by atoms with Crippen LogP contribution in [0.5, 0.6) is 0 Å². The predicted molar refractivity (Wildman–Crippen MR) is 105 cm³/mol. The Morgan fingerprint density at radius 2 is 1.71 bits per heavy atom. The first kappa shape index (κ1) is 19.7. The fraction of sp³-hybridized carbons (Fsp3) is 0.650. The lowest BCUT2D eigenvalue weighted by Gasteiger charge is -2.33. The predicted octanol–water partition coefficient (Wildman–Crippen LogP) is 5.89. The number of rotatable bonds is 5. The van der Waals surface area contributed by atoms with Crippen LogP contribution in [0.3, 0.4) is 0 Å². The Morgan fingerprint density at radius 3 is 2.21 bits per heavy atom. The fourth-order valence-electron chi connectivity index (χ4n) is 3.59. The van der Waals surface area contributed by atoms with Gasteiger partial charge in [-0.3, -0.25) is 4.79 Å². The third-order valence-electron chi connectivity index (χ3n) is 5.51. The molecule has 2 nitrogen and oxygen atoms in total. The van der Waals surface area contributed by atoms with Gasteiger partial charge in [-0.05, 0) is 75.1 Å². The van der Waals surface area contributed by atoms with Crippen LogP contribution in [-0.4, -0.2) is 5.97 Å². The zero-order chi connectivity index (χ0) is 17.9. The van der Waals surface area contributed by atoms with Crippen LogP contribution in [0.25, 0.3) is 0 Å². The van der Waals surface area contributed by atoms with Gasteiger partial charge in [-0.1, -0.05) is 20.3 Å². The van der Waals surface area contributed by atoms with E-state index in [9.17, 15) is 4.79 Å². The largest absolute Gasteiger partial charge is 0.455 e. The first-order chi connectivity index (χ1) is 11.2. The molecule has 0 N–H and O–H groups in total. The summed E-state index contributed by atoms with van der Waals surface area (Å²) < 4.78 is 5.89. The number of carbonyl (C=O) groups excluding carboxylic acids is 1. The van der Waals surface area contributed by atoms with E-state index >= 15 is 0 Å². The van der Waals surface area contributed by atoms with E-state index in [0.717, 1.165) is 52.9 Å². The highest BCUT2D eigenvalue weighted by molar-refractivity contribution is 7.81. The first-order valence-electron chi connectivity index (χ1n) is 8.99. The van der Waals surface area contributed by atoms with Gasteiger partial charge in [0.05, 0.1) is 5.92 Å². The molecule has 1 fully saturated rings. The van der Waals surface area contributed by atoms with Crippen molar-refractivity contribution >= 4 is 31.2 Å². The van der Waals surface area contributed by atoms with Crippen LogP contribution in [0, 0.1) is 17.8 Å². The zero-order valence-electron chi connectivity index (χ0n) is 15.2. The quantitative estimate of drug-likeness (QED) is 0.501. The van der Waals surface area contributed by atoms with Crippen molar-refractivity contribution in [1.29, 1.82) is 0 Å². The Labute approximate surface area is 157 Å². The van der Waals surface area contributed by atoms with Crippen LogP contribution >= 0.6 is 25.3 Å². The SMILES string of the molecule is CCC(C)C1CCC(C(=O)OC(C)(C)c2cc(S)cc(S)c2)CC1. The first-order valence-corrected chi connectivity index (χ1v) is 9.88. The Balaban J connectivity index is 1.99. The summed E-state index contributed by atoms with van der Waals surface area (Å²) >= 11 is 8.79. The molecule has 0 aromatic heterocycles. The molecule has 1 aliphatic carbocycles. The lowest BCUT2D eigenvalue weighted by molar-refractivity contribution is -0.164. The third kappa shape index (κ3) is 4.95. The van der Waals surface area contributed by atoms with Crippen molar-refractivity contribution in [1.82, 2.24) is 0 Å². The topological polar surface area (TPSA) is 26.3 Å². The molecule has 1 saturated carbocycles. The molecule has 0 spiro atoms. The van der Waals surface area contributed by atoms with Gasteiger partial charge < -0.3 is 4.74 Å². The number of carbonyl (C=O) groups is 1. The second-order valence-electron chi connectivity index (χ2n) is 7.67. The third-order valence-corrected chi connectivity index (χ3v) is 6.02. The summed E-state index contributed by atoms with van der Waals surface area (Å²) in [7, 11) is 0. The maximum Gasteiger partial charge on any atom is 0.309 e. The molecule has 4 heteroatoms. The van der Waals surface area contributed by atoms with Gasteiger partial charge in [0, 0.05) is 9.79 Å². The summed E-state index contributed by atoms with van der Waals surface area (Å²) in [5.74, 6) is 1.50. The Kier molecular flexibility index (Phi) is 6.72. The van der Waals surface area contributed by atoms with E-state index in [1.807, 2.05) is 32.0 Å². The van der Waals surface area contributed by atoms with Crippen molar-refractivity contribution < 1.29 is 9.53 Å². The van der Waals surface area contributed by atoms with Crippen molar-refractivity contribution in [3.63, 3.8) is 0 Å². The lowest BCUT2D eigenvalue weighted by atomic mass is 9.75. The van der Waals surface area contributed by atoms with Crippen LogP contribution in [0.2, 0.25) is 0 Å². The van der Waals surface area contributed by atoms with Crippen molar-refractivity contribution in [2.24, 2.45) is 17.8 Å². The van der Waals surface area contributed by atoms with Crippen LogP contribution in [0.15, 0.2) is 28.0 Å². The van der Waals surface area contributed by atoms with Gasteiger partial charge in [-0.2, -0.15) is 0 Å². The van der Waals surface area contributed by atoms with Gasteiger partial charge >= 0.3 is 5.97 Å². The molecule has 1 aromatic carbocycles. The highest BCUT2D eigenvalue weighted by atomic mass is 32.1. The van der Waals surface area contributed by atoms with E-state index in [2.05, 4.69) is 39.1 Å². The molecule has 1 aliphatic rings. The maximum absolute atomic E-state index is 12.6. The normalized spacial score (nSPS) is 22.9. The molecule has 0 amide bonds. The average Bonchev–Trinajstić information content (AvgIpc) is 2.53. The molecule has 1 unspecified atom stereocenters.